The van der Waals surface area contributed by atoms with Crippen LogP contribution >= 0.6 is 34.4 Å². The topological polar surface area (TPSA) is 125 Å². The highest BCUT2D eigenvalue weighted by atomic mass is 32.2. The number of carbonyl (C=O) groups excluding carboxylic acids is 2. The predicted molar refractivity (Wildman–Crippen MR) is 143 cm³/mol. The van der Waals surface area contributed by atoms with Gasteiger partial charge in [-0.15, -0.1) is 21.5 Å². The third-order valence-corrected chi connectivity index (χ3v) is 8.97. The summed E-state index contributed by atoms with van der Waals surface area (Å²) < 4.78 is 0.597. The van der Waals surface area contributed by atoms with Crippen molar-refractivity contribution < 1.29 is 9.59 Å². The summed E-state index contributed by atoms with van der Waals surface area (Å²) in [7, 11) is 0. The molecule has 1 aliphatic heterocycles. The number of thiophene rings is 1. The zero-order valence-electron chi connectivity index (χ0n) is 19.4. The fraction of sp³-hybridized carbons (Fsp3) is 0.240. The van der Waals surface area contributed by atoms with Gasteiger partial charge in [-0.2, -0.15) is 5.26 Å². The molecular formula is C25H22N6O2S3. The van der Waals surface area contributed by atoms with Gasteiger partial charge in [0.25, 0.3) is 0 Å². The average molecular weight is 535 g/mol. The second kappa shape index (κ2) is 10.3. The van der Waals surface area contributed by atoms with Gasteiger partial charge in [-0.25, -0.2) is 0 Å². The fourth-order valence-corrected chi connectivity index (χ4v) is 6.88. The quantitative estimate of drug-likeness (QED) is 0.426. The molecule has 1 unspecified atom stereocenters. The summed E-state index contributed by atoms with van der Waals surface area (Å²) in [6.07, 6.45) is 1.81. The minimum Gasteiger partial charge on any atom is -0.384 e. The third kappa shape index (κ3) is 4.67. The Hall–Kier alpha value is -3.46. The molecule has 3 heterocycles. The molecule has 2 aliphatic rings. The van der Waals surface area contributed by atoms with Crippen molar-refractivity contribution in [3.05, 3.63) is 74.9 Å². The minimum atomic E-state index is -0.457. The number of aromatic nitrogens is 2. The van der Waals surface area contributed by atoms with Crippen molar-refractivity contribution >= 4 is 56.9 Å². The van der Waals surface area contributed by atoms with E-state index in [1.807, 2.05) is 48.7 Å². The first kappa shape index (κ1) is 24.2. The highest BCUT2D eigenvalue weighted by molar-refractivity contribution is 8.01. The number of allylic oxidation sites excluding steroid dienone is 3. The fourth-order valence-electron chi connectivity index (χ4n) is 4.36. The van der Waals surface area contributed by atoms with Crippen LogP contribution in [0.1, 0.15) is 35.6 Å². The molecule has 182 valence electrons. The van der Waals surface area contributed by atoms with E-state index in [0.29, 0.717) is 39.9 Å². The molecule has 3 N–H and O–H groups in total. The predicted octanol–water partition coefficient (Wildman–Crippen LogP) is 4.94. The van der Waals surface area contributed by atoms with Crippen molar-refractivity contribution in [1.82, 2.24) is 10.2 Å². The van der Waals surface area contributed by atoms with Crippen LogP contribution in [-0.4, -0.2) is 27.6 Å². The standard InChI is InChI=1S/C25H22N6O2S3/c1-14-7-9-15(10-8-14)28-20(33)13-35-25-30-29-24(36-25)31-17-4-2-5-18(32)22(17)21(16(12-26)23(31)27)19-6-3-11-34-19/h3,6-11,21H,2,4-5,13,27H2,1H3,(H,28,33). The normalized spacial score (nSPS) is 17.7. The first-order valence-electron chi connectivity index (χ1n) is 11.3. The molecule has 0 radical (unpaired) electrons. The van der Waals surface area contributed by atoms with Gasteiger partial charge in [-0.3, -0.25) is 14.5 Å². The summed E-state index contributed by atoms with van der Waals surface area (Å²) in [5, 5.41) is 23.9. The zero-order valence-corrected chi connectivity index (χ0v) is 21.8. The highest BCUT2D eigenvalue weighted by Crippen LogP contribution is 2.47. The lowest BCUT2D eigenvalue weighted by Crippen LogP contribution is -2.38. The van der Waals surface area contributed by atoms with Gasteiger partial charge in [0.1, 0.15) is 5.82 Å². The van der Waals surface area contributed by atoms with Gasteiger partial charge in [0, 0.05) is 28.3 Å². The maximum absolute atomic E-state index is 13.1. The molecule has 2 aromatic heterocycles. The molecule has 3 aromatic rings. The number of nitrogens with zero attached hydrogens (tertiary/aromatic N) is 4. The number of anilines is 2. The number of benzene rings is 1. The van der Waals surface area contributed by atoms with E-state index in [9.17, 15) is 14.9 Å². The molecule has 11 heteroatoms. The number of aryl methyl sites for hydroxylation is 1. The number of Topliss-reactive ketones (excluding diaryl/α,β-unsaturated/α-hetero) is 1. The largest absolute Gasteiger partial charge is 0.384 e. The van der Waals surface area contributed by atoms with Crippen LogP contribution in [-0.2, 0) is 9.59 Å². The van der Waals surface area contributed by atoms with Gasteiger partial charge >= 0.3 is 0 Å². The van der Waals surface area contributed by atoms with Gasteiger partial charge in [-0.1, -0.05) is 46.9 Å². The number of nitrogens with two attached hydrogens (primary N) is 1. The van der Waals surface area contributed by atoms with Gasteiger partial charge < -0.3 is 11.1 Å². The van der Waals surface area contributed by atoms with Crippen LogP contribution in [0.15, 0.2) is 68.8 Å². The second-order valence-corrected chi connectivity index (χ2v) is 11.5. The Bertz CT molecular complexity index is 1420. The molecule has 0 bridgehead atoms. The van der Waals surface area contributed by atoms with Crippen LogP contribution < -0.4 is 16.0 Å². The monoisotopic (exact) mass is 534 g/mol. The van der Waals surface area contributed by atoms with Crippen molar-refractivity contribution in [2.75, 3.05) is 16.0 Å². The summed E-state index contributed by atoms with van der Waals surface area (Å²) in [5.74, 6) is -0.127. The SMILES string of the molecule is Cc1ccc(NC(=O)CSc2nnc(N3C(N)=C(C#N)C(c4cccs4)C4=C3CCCC4=O)s2)cc1. The Kier molecular flexibility index (Phi) is 6.91. The molecule has 1 aromatic carbocycles. The molecule has 8 nitrogen and oxygen atoms in total. The lowest BCUT2D eigenvalue weighted by molar-refractivity contribution is -0.116. The molecule has 1 aliphatic carbocycles. The van der Waals surface area contributed by atoms with Gasteiger partial charge in [-0.05, 0) is 43.3 Å². The lowest BCUT2D eigenvalue weighted by atomic mass is 9.78. The molecule has 36 heavy (non-hydrogen) atoms. The number of nitrogens with one attached hydrogen (secondary N) is 1. The Labute approximate surface area is 220 Å². The van der Waals surface area contributed by atoms with Crippen molar-refractivity contribution in [1.29, 1.82) is 5.26 Å². The molecule has 5 rings (SSSR count). The Morgan fingerprint density at radius 2 is 2.08 bits per heavy atom. The van der Waals surface area contributed by atoms with Crippen molar-refractivity contribution in [3.8, 4) is 6.07 Å². The number of ketones is 1. The summed E-state index contributed by atoms with van der Waals surface area (Å²) in [6.45, 7) is 1.99. The first-order chi connectivity index (χ1) is 17.5. The molecule has 1 atom stereocenters. The average Bonchev–Trinajstić information content (AvgIpc) is 3.56. The van der Waals surface area contributed by atoms with Gasteiger partial charge in [0.2, 0.25) is 11.0 Å². The van der Waals surface area contributed by atoms with Crippen molar-refractivity contribution in [3.63, 3.8) is 0 Å². The Balaban J connectivity index is 1.39. The van der Waals surface area contributed by atoms with E-state index >= 15 is 0 Å². The minimum absolute atomic E-state index is 0.0341. The zero-order chi connectivity index (χ0) is 25.2. The first-order valence-corrected chi connectivity index (χ1v) is 14.0. The number of rotatable bonds is 6. The maximum Gasteiger partial charge on any atom is 0.234 e. The maximum atomic E-state index is 13.1. The number of amides is 1. The van der Waals surface area contributed by atoms with Crippen LogP contribution in [0.3, 0.4) is 0 Å². The lowest BCUT2D eigenvalue weighted by Gasteiger charge is -2.37. The Morgan fingerprint density at radius 3 is 2.81 bits per heavy atom. The number of carbonyl (C=O) groups is 2. The van der Waals surface area contributed by atoms with Crippen LogP contribution in [0.2, 0.25) is 0 Å². The van der Waals surface area contributed by atoms with Crippen LogP contribution in [0, 0.1) is 18.3 Å². The highest BCUT2D eigenvalue weighted by Gasteiger charge is 2.41. The van der Waals surface area contributed by atoms with E-state index in [1.54, 1.807) is 4.90 Å². The summed E-state index contributed by atoms with van der Waals surface area (Å²) >= 11 is 4.06. The summed E-state index contributed by atoms with van der Waals surface area (Å²) in [4.78, 5) is 28.1. The molecule has 0 fully saturated rings. The van der Waals surface area contributed by atoms with Crippen molar-refractivity contribution in [2.24, 2.45) is 5.73 Å². The summed E-state index contributed by atoms with van der Waals surface area (Å²) in [5.41, 5.74) is 10.2. The van der Waals surface area contributed by atoms with Crippen LogP contribution in [0.4, 0.5) is 10.8 Å². The second-order valence-electron chi connectivity index (χ2n) is 8.39. The molecular weight excluding hydrogens is 513 g/mol. The van der Waals surface area contributed by atoms with Crippen molar-refractivity contribution in [2.45, 2.75) is 36.4 Å². The number of hydrogen-bond donors (Lipinski definition) is 2. The Morgan fingerprint density at radius 1 is 1.28 bits per heavy atom. The molecule has 0 spiro atoms. The number of hydrogen-bond acceptors (Lipinski definition) is 10. The van der Waals surface area contributed by atoms with E-state index < -0.39 is 5.92 Å². The smallest absolute Gasteiger partial charge is 0.234 e. The van der Waals surface area contributed by atoms with E-state index in [0.717, 1.165) is 21.8 Å². The molecule has 0 saturated heterocycles. The number of thioether (sulfide) groups is 1. The van der Waals surface area contributed by atoms with Crippen LogP contribution in [0.25, 0.3) is 0 Å². The van der Waals surface area contributed by atoms with E-state index in [-0.39, 0.29) is 23.3 Å². The van der Waals surface area contributed by atoms with Gasteiger partial charge in [0.05, 0.1) is 23.3 Å². The molecule has 0 saturated carbocycles. The van der Waals surface area contributed by atoms with E-state index in [2.05, 4.69) is 21.6 Å². The van der Waals surface area contributed by atoms with Gasteiger partial charge in [0.15, 0.2) is 10.1 Å². The van der Waals surface area contributed by atoms with E-state index in [1.165, 1.54) is 34.4 Å². The van der Waals surface area contributed by atoms with E-state index in [4.69, 9.17) is 5.73 Å². The summed E-state index contributed by atoms with van der Waals surface area (Å²) in [6, 6.07) is 13.7. The van der Waals surface area contributed by atoms with Crippen LogP contribution in [0.5, 0.6) is 0 Å². The third-order valence-electron chi connectivity index (χ3n) is 5.99. The molecule has 1 amide bonds. The number of nitriles is 1.